The summed E-state index contributed by atoms with van der Waals surface area (Å²) in [5, 5.41) is 6.76. The fraction of sp³-hybridized carbons (Fsp3) is 0.778. The van der Waals surface area contributed by atoms with Crippen LogP contribution in [0.5, 0.6) is 0 Å². The lowest BCUT2D eigenvalue weighted by atomic mass is 10.1. The van der Waals surface area contributed by atoms with Gasteiger partial charge in [0.25, 0.3) is 0 Å². The van der Waals surface area contributed by atoms with Crippen molar-refractivity contribution in [2.24, 2.45) is 0 Å². The third-order valence-electron chi connectivity index (χ3n) is 4.27. The van der Waals surface area contributed by atoms with Gasteiger partial charge in [-0.25, -0.2) is 4.79 Å². The predicted molar refractivity (Wildman–Crippen MR) is 98.8 cm³/mol. The molecule has 1 aromatic heterocycles. The molecule has 0 radical (unpaired) electrons. The third-order valence-corrected chi connectivity index (χ3v) is 4.27. The molecule has 1 aromatic rings. The molecule has 0 aliphatic carbocycles. The van der Waals surface area contributed by atoms with Gasteiger partial charge in [0.05, 0.1) is 12.6 Å². The Bertz CT molecular complexity index is 678. The molecule has 1 unspecified atom stereocenters. The lowest BCUT2D eigenvalue weighted by Crippen LogP contribution is -2.44. The number of aromatic nitrogens is 2. The molecular weight excluding hydrogens is 350 g/mol. The van der Waals surface area contributed by atoms with Crippen LogP contribution in [-0.2, 0) is 21.6 Å². The van der Waals surface area contributed by atoms with Crippen LogP contribution in [-0.4, -0.2) is 64.2 Å². The van der Waals surface area contributed by atoms with E-state index in [1.165, 1.54) is 0 Å². The van der Waals surface area contributed by atoms with Gasteiger partial charge in [-0.1, -0.05) is 5.16 Å². The number of nitrogens with one attached hydrogen (secondary N) is 1. The van der Waals surface area contributed by atoms with Crippen molar-refractivity contribution in [3.63, 3.8) is 0 Å². The quantitative estimate of drug-likeness (QED) is 0.831. The van der Waals surface area contributed by atoms with Crippen molar-refractivity contribution >= 4 is 12.0 Å². The molecule has 1 N–H and O–H groups in total. The number of ether oxygens (including phenoxy) is 1. The van der Waals surface area contributed by atoms with Crippen LogP contribution in [0.4, 0.5) is 4.79 Å². The summed E-state index contributed by atoms with van der Waals surface area (Å²) in [7, 11) is 3.52. The number of hydrogen-bond donors (Lipinski definition) is 1. The van der Waals surface area contributed by atoms with Crippen molar-refractivity contribution in [1.82, 2.24) is 25.3 Å². The Labute approximate surface area is 160 Å². The molecular formula is C18H31N5O4. The number of nitrogens with zero attached hydrogens (tertiary/aromatic N) is 4. The highest BCUT2D eigenvalue weighted by atomic mass is 16.6. The molecule has 0 saturated carbocycles. The molecule has 9 nitrogen and oxygen atoms in total. The fourth-order valence-electron chi connectivity index (χ4n) is 2.95. The van der Waals surface area contributed by atoms with Gasteiger partial charge < -0.3 is 19.5 Å². The predicted octanol–water partition coefficient (Wildman–Crippen LogP) is 1.88. The summed E-state index contributed by atoms with van der Waals surface area (Å²) in [5.74, 6) is 0.861. The highest BCUT2D eigenvalue weighted by Gasteiger charge is 2.34. The second-order valence-electron chi connectivity index (χ2n) is 8.62. The number of likely N-dealkylation sites (tertiary alicyclic amines) is 1. The van der Waals surface area contributed by atoms with Gasteiger partial charge in [0.2, 0.25) is 11.8 Å². The van der Waals surface area contributed by atoms with E-state index in [-0.39, 0.29) is 11.9 Å². The van der Waals surface area contributed by atoms with Gasteiger partial charge in [0.1, 0.15) is 11.1 Å². The minimum absolute atomic E-state index is 0.0826. The summed E-state index contributed by atoms with van der Waals surface area (Å²) < 4.78 is 10.6. The van der Waals surface area contributed by atoms with E-state index in [2.05, 4.69) is 15.5 Å². The van der Waals surface area contributed by atoms with Crippen molar-refractivity contribution in [1.29, 1.82) is 0 Å². The molecule has 2 amide bonds. The van der Waals surface area contributed by atoms with Gasteiger partial charge in [0, 0.05) is 14.1 Å². The highest BCUT2D eigenvalue weighted by Crippen LogP contribution is 2.23. The van der Waals surface area contributed by atoms with Crippen LogP contribution in [0.3, 0.4) is 0 Å². The van der Waals surface area contributed by atoms with E-state index in [9.17, 15) is 9.59 Å². The first-order chi connectivity index (χ1) is 12.4. The molecule has 0 spiro atoms. The van der Waals surface area contributed by atoms with Crippen molar-refractivity contribution in [2.75, 3.05) is 20.6 Å². The van der Waals surface area contributed by atoms with Crippen molar-refractivity contribution < 1.29 is 18.8 Å². The number of alkyl carbamates (subject to hydrolysis) is 1. The van der Waals surface area contributed by atoms with Crippen molar-refractivity contribution in [2.45, 2.75) is 71.2 Å². The molecule has 1 fully saturated rings. The van der Waals surface area contributed by atoms with Gasteiger partial charge in [0.15, 0.2) is 5.82 Å². The van der Waals surface area contributed by atoms with Crippen LogP contribution in [0.2, 0.25) is 0 Å². The molecule has 27 heavy (non-hydrogen) atoms. The summed E-state index contributed by atoms with van der Waals surface area (Å²) in [4.78, 5) is 32.4. The Morgan fingerprint density at radius 3 is 2.56 bits per heavy atom. The Morgan fingerprint density at radius 2 is 1.96 bits per heavy atom. The average Bonchev–Trinajstić information content (AvgIpc) is 3.13. The Kier molecular flexibility index (Phi) is 6.14. The number of amides is 2. The van der Waals surface area contributed by atoms with E-state index in [0.717, 1.165) is 19.4 Å². The zero-order chi connectivity index (χ0) is 20.4. The second-order valence-corrected chi connectivity index (χ2v) is 8.62. The SMILES string of the molecule is CN(C)C(=O)C1CCCN1Cc1nc(C(C)(C)NC(=O)OC(C)(C)C)no1. The van der Waals surface area contributed by atoms with Gasteiger partial charge in [-0.2, -0.15) is 4.98 Å². The fourth-order valence-corrected chi connectivity index (χ4v) is 2.95. The maximum Gasteiger partial charge on any atom is 0.408 e. The maximum absolute atomic E-state index is 12.3. The zero-order valence-electron chi connectivity index (χ0n) is 17.3. The van der Waals surface area contributed by atoms with E-state index < -0.39 is 17.2 Å². The summed E-state index contributed by atoms with van der Waals surface area (Å²) in [6.07, 6.45) is 1.23. The van der Waals surface area contributed by atoms with Crippen LogP contribution < -0.4 is 5.32 Å². The second kappa shape index (κ2) is 7.84. The molecule has 2 rings (SSSR count). The molecule has 9 heteroatoms. The Balaban J connectivity index is 2.03. The van der Waals surface area contributed by atoms with E-state index >= 15 is 0 Å². The summed E-state index contributed by atoms with van der Waals surface area (Å²) in [6, 6.07) is -0.164. The van der Waals surface area contributed by atoms with Gasteiger partial charge in [-0.05, 0) is 54.0 Å². The molecule has 152 valence electrons. The number of likely N-dealkylation sites (N-methyl/N-ethyl adjacent to an activating group) is 1. The van der Waals surface area contributed by atoms with Crippen LogP contribution in [0.25, 0.3) is 0 Å². The topological polar surface area (TPSA) is 101 Å². The third kappa shape index (κ3) is 5.66. The van der Waals surface area contributed by atoms with Crippen molar-refractivity contribution in [3.8, 4) is 0 Å². The highest BCUT2D eigenvalue weighted by molar-refractivity contribution is 5.81. The Morgan fingerprint density at radius 1 is 1.30 bits per heavy atom. The first kappa shape index (κ1) is 21.1. The zero-order valence-corrected chi connectivity index (χ0v) is 17.3. The minimum Gasteiger partial charge on any atom is -0.444 e. The first-order valence-electron chi connectivity index (χ1n) is 9.18. The average molecular weight is 381 g/mol. The lowest BCUT2D eigenvalue weighted by molar-refractivity contribution is -0.133. The van der Waals surface area contributed by atoms with Crippen LogP contribution >= 0.6 is 0 Å². The Hall–Kier alpha value is -2.16. The minimum atomic E-state index is -0.853. The molecule has 1 aliphatic rings. The van der Waals surface area contributed by atoms with Crippen molar-refractivity contribution in [3.05, 3.63) is 11.7 Å². The van der Waals surface area contributed by atoms with E-state index in [4.69, 9.17) is 9.26 Å². The standard InChI is InChI=1S/C18H31N5O4/c1-17(2,3)26-16(25)20-18(4,5)15-19-13(27-21-15)11-23-10-8-9-12(23)14(24)22(6)7/h12H,8-11H2,1-7H3,(H,20,25). The number of carbonyl (C=O) groups is 2. The molecule has 2 heterocycles. The van der Waals surface area contributed by atoms with Gasteiger partial charge in [-0.15, -0.1) is 0 Å². The van der Waals surface area contributed by atoms with Crippen LogP contribution in [0.1, 0.15) is 59.2 Å². The molecule has 0 aromatic carbocycles. The molecule has 1 saturated heterocycles. The largest absolute Gasteiger partial charge is 0.444 e. The summed E-state index contributed by atoms with van der Waals surface area (Å²) in [5.41, 5.74) is -1.44. The van der Waals surface area contributed by atoms with Crippen LogP contribution in [0, 0.1) is 0 Å². The van der Waals surface area contributed by atoms with Crippen LogP contribution in [0.15, 0.2) is 4.52 Å². The number of carbonyl (C=O) groups excluding carboxylic acids is 2. The van der Waals surface area contributed by atoms with E-state index in [0.29, 0.717) is 18.3 Å². The monoisotopic (exact) mass is 381 g/mol. The van der Waals surface area contributed by atoms with E-state index in [1.807, 2.05) is 4.90 Å². The van der Waals surface area contributed by atoms with E-state index in [1.54, 1.807) is 53.6 Å². The molecule has 0 bridgehead atoms. The van der Waals surface area contributed by atoms with Gasteiger partial charge >= 0.3 is 6.09 Å². The number of rotatable bonds is 5. The lowest BCUT2D eigenvalue weighted by Gasteiger charge is -2.26. The maximum atomic E-state index is 12.3. The molecule has 1 aliphatic heterocycles. The van der Waals surface area contributed by atoms with Gasteiger partial charge in [-0.3, -0.25) is 9.69 Å². The first-order valence-corrected chi connectivity index (χ1v) is 9.18. The smallest absolute Gasteiger partial charge is 0.408 e. The molecule has 1 atom stereocenters. The summed E-state index contributed by atoms with van der Waals surface area (Å²) in [6.45, 7) is 10.2. The number of hydrogen-bond acceptors (Lipinski definition) is 7. The summed E-state index contributed by atoms with van der Waals surface area (Å²) >= 11 is 0. The normalized spacial score (nSPS) is 18.4.